The van der Waals surface area contributed by atoms with Gasteiger partial charge in [-0.3, -0.25) is 4.79 Å². The lowest BCUT2D eigenvalue weighted by atomic mass is 9.88. The van der Waals surface area contributed by atoms with E-state index in [4.69, 9.17) is 4.74 Å². The molecule has 0 saturated carbocycles. The molecule has 4 heteroatoms. The lowest BCUT2D eigenvalue weighted by Gasteiger charge is -2.35. The first-order valence-corrected chi connectivity index (χ1v) is 6.32. The minimum Gasteiger partial charge on any atom is -0.453 e. The van der Waals surface area contributed by atoms with Crippen molar-refractivity contribution in [3.63, 3.8) is 0 Å². The van der Waals surface area contributed by atoms with E-state index in [1.807, 2.05) is 0 Å². The van der Waals surface area contributed by atoms with Gasteiger partial charge in [0, 0.05) is 11.8 Å². The van der Waals surface area contributed by atoms with E-state index in [2.05, 4.69) is 15.9 Å². The van der Waals surface area contributed by atoms with Crippen molar-refractivity contribution in [2.24, 2.45) is 0 Å². The van der Waals surface area contributed by atoms with Crippen LogP contribution in [0.5, 0.6) is 0 Å². The fraction of sp³-hybridized carbons (Fsp3) is 0.417. The van der Waals surface area contributed by atoms with Crippen molar-refractivity contribution in [1.82, 2.24) is 0 Å². The molecular weight excluding hydrogens is 275 g/mol. The maximum atomic E-state index is 13.2. The molecule has 0 amide bonds. The maximum absolute atomic E-state index is 13.2. The van der Waals surface area contributed by atoms with Crippen molar-refractivity contribution in [2.75, 3.05) is 5.33 Å². The third kappa shape index (κ3) is 2.12. The minimum atomic E-state index is -0.697. The summed E-state index contributed by atoms with van der Waals surface area (Å²) in [5.74, 6) is -0.519. The fourth-order valence-electron chi connectivity index (χ4n) is 1.98. The van der Waals surface area contributed by atoms with E-state index in [9.17, 15) is 9.18 Å². The number of cyclic esters (lactones) is 1. The van der Waals surface area contributed by atoms with Crippen LogP contribution in [0.15, 0.2) is 24.3 Å². The van der Waals surface area contributed by atoms with Crippen LogP contribution in [0.25, 0.3) is 0 Å². The highest BCUT2D eigenvalue weighted by molar-refractivity contribution is 9.09. The van der Waals surface area contributed by atoms with Crippen LogP contribution in [-0.4, -0.2) is 11.3 Å². The van der Waals surface area contributed by atoms with Crippen molar-refractivity contribution in [2.45, 2.75) is 24.9 Å². The van der Waals surface area contributed by atoms with Gasteiger partial charge in [0.1, 0.15) is 11.4 Å². The van der Waals surface area contributed by atoms with Gasteiger partial charge in [-0.25, -0.2) is 4.39 Å². The van der Waals surface area contributed by atoms with E-state index in [-0.39, 0.29) is 11.8 Å². The molecule has 1 aliphatic rings. The zero-order valence-corrected chi connectivity index (χ0v) is 10.3. The smallest absolute Gasteiger partial charge is 0.306 e. The Labute approximate surface area is 102 Å². The molecule has 16 heavy (non-hydrogen) atoms. The zero-order chi connectivity index (χ0) is 11.6. The molecule has 86 valence electrons. The zero-order valence-electron chi connectivity index (χ0n) is 8.71. The molecule has 1 aliphatic heterocycles. The third-order valence-corrected chi connectivity index (χ3v) is 3.74. The molecule has 1 aromatic rings. The molecule has 0 N–H and O–H groups in total. The molecular formula is C12H12BrFO2. The Hall–Kier alpha value is -0.900. The van der Waals surface area contributed by atoms with Crippen LogP contribution in [0.3, 0.4) is 0 Å². The van der Waals surface area contributed by atoms with Gasteiger partial charge in [-0.15, -0.1) is 0 Å². The maximum Gasteiger partial charge on any atom is 0.306 e. The normalized spacial score (nSPS) is 25.2. The Morgan fingerprint density at radius 3 is 2.94 bits per heavy atom. The molecule has 2 nitrogen and oxygen atoms in total. The Bertz CT molecular complexity index is 408. The van der Waals surface area contributed by atoms with Crippen LogP contribution < -0.4 is 0 Å². The number of benzene rings is 1. The number of carbonyl (C=O) groups excluding carboxylic acids is 1. The van der Waals surface area contributed by atoms with Gasteiger partial charge in [-0.1, -0.05) is 28.1 Å². The predicted molar refractivity (Wildman–Crippen MR) is 61.8 cm³/mol. The van der Waals surface area contributed by atoms with Gasteiger partial charge >= 0.3 is 5.97 Å². The van der Waals surface area contributed by atoms with Crippen molar-refractivity contribution < 1.29 is 13.9 Å². The van der Waals surface area contributed by atoms with Crippen molar-refractivity contribution in [3.05, 3.63) is 35.6 Å². The first-order chi connectivity index (χ1) is 7.66. The molecule has 0 aliphatic carbocycles. The van der Waals surface area contributed by atoms with Crippen molar-refractivity contribution >= 4 is 21.9 Å². The number of halogens is 2. The van der Waals surface area contributed by atoms with Crippen LogP contribution in [0.2, 0.25) is 0 Å². The van der Waals surface area contributed by atoms with Crippen LogP contribution in [-0.2, 0) is 15.1 Å². The van der Waals surface area contributed by atoms with Crippen molar-refractivity contribution in [3.8, 4) is 0 Å². The topological polar surface area (TPSA) is 26.3 Å². The van der Waals surface area contributed by atoms with Crippen molar-refractivity contribution in [1.29, 1.82) is 0 Å². The van der Waals surface area contributed by atoms with E-state index < -0.39 is 5.60 Å². The number of rotatable bonds is 2. The standard InChI is InChI=1S/C12H12BrFO2/c13-8-12(6-2-5-11(15)16-12)9-3-1-4-10(14)7-9/h1,3-4,7H,2,5-6,8H2/t12-/m1/s1. The van der Waals surface area contributed by atoms with E-state index in [0.717, 1.165) is 18.4 Å². The fourth-order valence-corrected chi connectivity index (χ4v) is 2.70. The summed E-state index contributed by atoms with van der Waals surface area (Å²) < 4.78 is 18.6. The quantitative estimate of drug-likeness (QED) is 0.617. The molecule has 0 spiro atoms. The molecule has 1 fully saturated rings. The summed E-state index contributed by atoms with van der Waals surface area (Å²) in [5, 5.41) is 0.495. The Morgan fingerprint density at radius 2 is 2.31 bits per heavy atom. The van der Waals surface area contributed by atoms with Gasteiger partial charge in [0.15, 0.2) is 0 Å². The Morgan fingerprint density at radius 1 is 1.50 bits per heavy atom. The Kier molecular flexibility index (Phi) is 3.28. The molecule has 2 rings (SSSR count). The van der Waals surface area contributed by atoms with E-state index in [1.54, 1.807) is 12.1 Å². The van der Waals surface area contributed by atoms with Gasteiger partial charge in [0.2, 0.25) is 0 Å². The first kappa shape index (κ1) is 11.6. The van der Waals surface area contributed by atoms with E-state index >= 15 is 0 Å². The number of hydrogen-bond acceptors (Lipinski definition) is 2. The third-order valence-electron chi connectivity index (χ3n) is 2.84. The van der Waals surface area contributed by atoms with Crippen LogP contribution in [0.1, 0.15) is 24.8 Å². The second-order valence-corrected chi connectivity index (χ2v) is 4.53. The highest BCUT2D eigenvalue weighted by Crippen LogP contribution is 2.37. The van der Waals surface area contributed by atoms with E-state index in [1.165, 1.54) is 12.1 Å². The largest absolute Gasteiger partial charge is 0.453 e. The average Bonchev–Trinajstić information content (AvgIpc) is 2.29. The van der Waals surface area contributed by atoms with Gasteiger partial charge in [0.05, 0.1) is 0 Å². The molecule has 0 bridgehead atoms. The lowest BCUT2D eigenvalue weighted by Crippen LogP contribution is -2.37. The second kappa shape index (κ2) is 4.53. The molecule has 0 radical (unpaired) electrons. The van der Waals surface area contributed by atoms with Crippen LogP contribution in [0, 0.1) is 5.82 Å². The Balaban J connectivity index is 2.37. The molecule has 1 saturated heterocycles. The van der Waals surface area contributed by atoms with Gasteiger partial charge in [-0.2, -0.15) is 0 Å². The molecule has 1 atom stereocenters. The monoisotopic (exact) mass is 286 g/mol. The highest BCUT2D eigenvalue weighted by atomic mass is 79.9. The summed E-state index contributed by atoms with van der Waals surface area (Å²) in [4.78, 5) is 11.4. The minimum absolute atomic E-state index is 0.213. The van der Waals surface area contributed by atoms with Gasteiger partial charge in [-0.05, 0) is 30.5 Å². The summed E-state index contributed by atoms with van der Waals surface area (Å²) in [6.07, 6.45) is 1.96. The number of carbonyl (C=O) groups is 1. The SMILES string of the molecule is O=C1CCC[C@@](CBr)(c2cccc(F)c2)O1. The van der Waals surface area contributed by atoms with Crippen LogP contribution >= 0.6 is 15.9 Å². The summed E-state index contributed by atoms with van der Waals surface area (Å²) >= 11 is 3.36. The molecule has 0 unspecified atom stereocenters. The highest BCUT2D eigenvalue weighted by Gasteiger charge is 2.38. The average molecular weight is 287 g/mol. The molecule has 1 aromatic carbocycles. The number of ether oxygens (including phenoxy) is 1. The van der Waals surface area contributed by atoms with Gasteiger partial charge < -0.3 is 4.74 Å². The first-order valence-electron chi connectivity index (χ1n) is 5.20. The van der Waals surface area contributed by atoms with Gasteiger partial charge in [0.25, 0.3) is 0 Å². The van der Waals surface area contributed by atoms with E-state index in [0.29, 0.717) is 11.8 Å². The molecule has 0 aromatic heterocycles. The summed E-state index contributed by atoms with van der Waals surface area (Å²) in [6, 6.07) is 6.25. The number of alkyl halides is 1. The van der Waals surface area contributed by atoms with Crippen LogP contribution in [0.4, 0.5) is 4.39 Å². The summed E-state index contributed by atoms with van der Waals surface area (Å²) in [6.45, 7) is 0. The summed E-state index contributed by atoms with van der Waals surface area (Å²) in [7, 11) is 0. The predicted octanol–water partition coefficient (Wildman–Crippen LogP) is 3.14. The lowest BCUT2D eigenvalue weighted by molar-refractivity contribution is -0.165. The molecule has 1 heterocycles. The number of esters is 1. The summed E-state index contributed by atoms with van der Waals surface area (Å²) in [5.41, 5.74) is 0.0228. The number of hydrogen-bond donors (Lipinski definition) is 0. The second-order valence-electron chi connectivity index (χ2n) is 3.97.